The Balaban J connectivity index is 1.62. The van der Waals surface area contributed by atoms with Gasteiger partial charge in [-0.25, -0.2) is 4.68 Å². The smallest absolute Gasteiger partial charge is 0.251 e. The van der Waals surface area contributed by atoms with Crippen molar-refractivity contribution in [2.45, 2.75) is 6.54 Å². The summed E-state index contributed by atoms with van der Waals surface area (Å²) in [5, 5.41) is 19.2. The van der Waals surface area contributed by atoms with Gasteiger partial charge in [0.1, 0.15) is 0 Å². The van der Waals surface area contributed by atoms with Gasteiger partial charge in [0.15, 0.2) is 0 Å². The number of nitrogens with zero attached hydrogens (tertiary/aromatic N) is 2. The summed E-state index contributed by atoms with van der Waals surface area (Å²) in [4.78, 5) is 11.9. The first kappa shape index (κ1) is 16.7. The maximum Gasteiger partial charge on any atom is 0.251 e. The molecular weight excluding hydrogens is 316 g/mol. The molecule has 6 nitrogen and oxygen atoms in total. The highest BCUT2D eigenvalue weighted by molar-refractivity contribution is 5.95. The molecule has 0 saturated carbocycles. The molecule has 128 valence electrons. The highest BCUT2D eigenvalue weighted by Gasteiger charge is 2.06. The molecule has 1 aromatic heterocycles. The van der Waals surface area contributed by atoms with Crippen LogP contribution in [0, 0.1) is 0 Å². The SMILES string of the molecule is O=C(NCCO)c1cccc(NCc2ccn(-c3ccccc3)n2)c1. The van der Waals surface area contributed by atoms with Crippen molar-refractivity contribution in [3.63, 3.8) is 0 Å². The highest BCUT2D eigenvalue weighted by atomic mass is 16.3. The van der Waals surface area contributed by atoms with Crippen LogP contribution in [0.2, 0.25) is 0 Å². The van der Waals surface area contributed by atoms with E-state index in [1.54, 1.807) is 12.1 Å². The van der Waals surface area contributed by atoms with Crippen molar-refractivity contribution < 1.29 is 9.90 Å². The molecule has 25 heavy (non-hydrogen) atoms. The molecule has 0 bridgehead atoms. The number of amides is 1. The third-order valence-electron chi connectivity index (χ3n) is 3.66. The molecule has 2 aromatic carbocycles. The van der Waals surface area contributed by atoms with E-state index in [0.717, 1.165) is 17.1 Å². The molecule has 0 fully saturated rings. The maximum absolute atomic E-state index is 11.9. The minimum atomic E-state index is -0.203. The van der Waals surface area contributed by atoms with Gasteiger partial charge in [-0.2, -0.15) is 5.10 Å². The summed E-state index contributed by atoms with van der Waals surface area (Å²) in [7, 11) is 0. The van der Waals surface area contributed by atoms with Crippen molar-refractivity contribution in [2.75, 3.05) is 18.5 Å². The second-order valence-corrected chi connectivity index (χ2v) is 5.50. The monoisotopic (exact) mass is 336 g/mol. The second kappa shape index (κ2) is 8.12. The van der Waals surface area contributed by atoms with E-state index in [1.807, 2.05) is 59.4 Å². The number of rotatable bonds is 7. The van der Waals surface area contributed by atoms with Gasteiger partial charge in [0.25, 0.3) is 5.91 Å². The lowest BCUT2D eigenvalue weighted by molar-refractivity contribution is 0.0945. The fourth-order valence-electron chi connectivity index (χ4n) is 2.42. The number of aliphatic hydroxyl groups excluding tert-OH is 1. The minimum absolute atomic E-state index is 0.0756. The Labute approximate surface area is 146 Å². The van der Waals surface area contributed by atoms with E-state index in [2.05, 4.69) is 15.7 Å². The van der Waals surface area contributed by atoms with Gasteiger partial charge in [0.05, 0.1) is 24.5 Å². The molecule has 0 unspecified atom stereocenters. The van der Waals surface area contributed by atoms with Gasteiger partial charge in [0, 0.05) is 24.0 Å². The van der Waals surface area contributed by atoms with Crippen LogP contribution in [-0.2, 0) is 6.54 Å². The van der Waals surface area contributed by atoms with Crippen LogP contribution in [0.5, 0.6) is 0 Å². The van der Waals surface area contributed by atoms with Crippen LogP contribution in [0.1, 0.15) is 16.1 Å². The lowest BCUT2D eigenvalue weighted by atomic mass is 10.2. The third-order valence-corrected chi connectivity index (χ3v) is 3.66. The van der Waals surface area contributed by atoms with Crippen molar-refractivity contribution in [3.8, 4) is 5.69 Å². The topological polar surface area (TPSA) is 79.2 Å². The number of hydrogen-bond acceptors (Lipinski definition) is 4. The Morgan fingerprint density at radius 3 is 2.72 bits per heavy atom. The summed E-state index contributed by atoms with van der Waals surface area (Å²) in [6.07, 6.45) is 1.92. The molecule has 1 amide bonds. The van der Waals surface area contributed by atoms with Gasteiger partial charge in [-0.1, -0.05) is 24.3 Å². The fourth-order valence-corrected chi connectivity index (χ4v) is 2.42. The van der Waals surface area contributed by atoms with E-state index >= 15 is 0 Å². The summed E-state index contributed by atoms with van der Waals surface area (Å²) >= 11 is 0. The number of carbonyl (C=O) groups is 1. The molecule has 0 spiro atoms. The third kappa shape index (κ3) is 4.45. The van der Waals surface area contributed by atoms with Gasteiger partial charge >= 0.3 is 0 Å². The average molecular weight is 336 g/mol. The first-order valence-corrected chi connectivity index (χ1v) is 8.09. The quantitative estimate of drug-likeness (QED) is 0.618. The van der Waals surface area contributed by atoms with Gasteiger partial charge in [-0.3, -0.25) is 4.79 Å². The first-order valence-electron chi connectivity index (χ1n) is 8.09. The molecule has 0 saturated heterocycles. The van der Waals surface area contributed by atoms with Crippen LogP contribution in [0.4, 0.5) is 5.69 Å². The number of para-hydroxylation sites is 1. The molecule has 3 N–H and O–H groups in total. The van der Waals surface area contributed by atoms with E-state index in [9.17, 15) is 4.79 Å². The number of anilines is 1. The largest absolute Gasteiger partial charge is 0.395 e. The van der Waals surface area contributed by atoms with Crippen LogP contribution in [-0.4, -0.2) is 33.9 Å². The molecule has 0 aliphatic heterocycles. The van der Waals surface area contributed by atoms with E-state index in [1.165, 1.54) is 0 Å². The summed E-state index contributed by atoms with van der Waals surface area (Å²) in [5.41, 5.74) is 3.30. The first-order chi connectivity index (χ1) is 12.3. The second-order valence-electron chi connectivity index (χ2n) is 5.50. The van der Waals surface area contributed by atoms with Crippen molar-refractivity contribution >= 4 is 11.6 Å². The Bertz CT molecular complexity index is 830. The summed E-state index contributed by atoms with van der Waals surface area (Å²) in [6.45, 7) is 0.725. The number of carbonyl (C=O) groups excluding carboxylic acids is 1. The molecule has 0 aliphatic carbocycles. The average Bonchev–Trinajstić information content (AvgIpc) is 3.14. The Hall–Kier alpha value is -3.12. The van der Waals surface area contributed by atoms with E-state index in [4.69, 9.17) is 5.11 Å². The zero-order valence-electron chi connectivity index (χ0n) is 13.7. The van der Waals surface area contributed by atoms with Crippen molar-refractivity contribution in [1.82, 2.24) is 15.1 Å². The summed E-state index contributed by atoms with van der Waals surface area (Å²) in [6, 6.07) is 19.1. The van der Waals surface area contributed by atoms with E-state index < -0.39 is 0 Å². The van der Waals surface area contributed by atoms with Crippen molar-refractivity contribution in [2.24, 2.45) is 0 Å². The number of benzene rings is 2. The predicted octanol–water partition coefficient (Wildman–Crippen LogP) is 2.21. The van der Waals surface area contributed by atoms with Gasteiger partial charge in [-0.15, -0.1) is 0 Å². The minimum Gasteiger partial charge on any atom is -0.395 e. The van der Waals surface area contributed by atoms with Crippen LogP contribution in [0.3, 0.4) is 0 Å². The van der Waals surface area contributed by atoms with Crippen LogP contribution in [0.25, 0.3) is 5.69 Å². The summed E-state index contributed by atoms with van der Waals surface area (Å²) < 4.78 is 1.83. The molecule has 6 heteroatoms. The van der Waals surface area contributed by atoms with Crippen LogP contribution in [0.15, 0.2) is 66.9 Å². The molecule has 0 radical (unpaired) electrons. The Morgan fingerprint density at radius 1 is 1.08 bits per heavy atom. The Kier molecular flexibility index (Phi) is 5.43. The molecule has 0 aliphatic rings. The standard InChI is InChI=1S/C19H20N4O2/c24-12-10-20-19(25)15-5-4-6-16(13-15)21-14-17-9-11-23(22-17)18-7-2-1-3-8-18/h1-9,11,13,21,24H,10,12,14H2,(H,20,25). The van der Waals surface area contributed by atoms with Crippen LogP contribution < -0.4 is 10.6 Å². The number of nitrogens with one attached hydrogen (secondary N) is 2. The fraction of sp³-hybridized carbons (Fsp3) is 0.158. The lowest BCUT2D eigenvalue weighted by Gasteiger charge is -2.08. The molecular formula is C19H20N4O2. The van der Waals surface area contributed by atoms with Crippen LogP contribution >= 0.6 is 0 Å². The maximum atomic E-state index is 11.9. The van der Waals surface area contributed by atoms with Gasteiger partial charge < -0.3 is 15.7 Å². The molecule has 3 aromatic rings. The number of hydrogen-bond donors (Lipinski definition) is 3. The zero-order valence-corrected chi connectivity index (χ0v) is 13.7. The van der Waals surface area contributed by atoms with Gasteiger partial charge in [-0.05, 0) is 36.4 Å². The Morgan fingerprint density at radius 2 is 1.92 bits per heavy atom. The van der Waals surface area contributed by atoms with Gasteiger partial charge in [0.2, 0.25) is 0 Å². The number of aliphatic hydroxyl groups is 1. The molecule has 1 heterocycles. The predicted molar refractivity (Wildman–Crippen MR) is 96.8 cm³/mol. The highest BCUT2D eigenvalue weighted by Crippen LogP contribution is 2.13. The summed E-state index contributed by atoms with van der Waals surface area (Å²) in [5.74, 6) is -0.203. The van der Waals surface area contributed by atoms with E-state index in [0.29, 0.717) is 12.1 Å². The van der Waals surface area contributed by atoms with E-state index in [-0.39, 0.29) is 19.1 Å². The lowest BCUT2D eigenvalue weighted by Crippen LogP contribution is -2.26. The van der Waals surface area contributed by atoms with Crippen molar-refractivity contribution in [3.05, 3.63) is 78.1 Å². The number of aromatic nitrogens is 2. The normalized spacial score (nSPS) is 10.4. The van der Waals surface area contributed by atoms with Crippen molar-refractivity contribution in [1.29, 1.82) is 0 Å². The zero-order chi connectivity index (χ0) is 17.5. The molecule has 0 atom stereocenters. The molecule has 3 rings (SSSR count).